The summed E-state index contributed by atoms with van der Waals surface area (Å²) in [5, 5.41) is 0. The van der Waals surface area contributed by atoms with E-state index in [1.54, 1.807) is 12.1 Å². The Hall–Kier alpha value is -1.96. The highest BCUT2D eigenvalue weighted by Gasteiger charge is 2.27. The van der Waals surface area contributed by atoms with Crippen LogP contribution in [0.15, 0.2) is 48.5 Å². The second kappa shape index (κ2) is 5.35. The third kappa shape index (κ3) is 2.90. The van der Waals surface area contributed by atoms with Crippen LogP contribution in [-0.4, -0.2) is 6.29 Å². The van der Waals surface area contributed by atoms with Crippen molar-refractivity contribution in [3.05, 3.63) is 71.0 Å². The van der Waals surface area contributed by atoms with Crippen LogP contribution in [-0.2, 0) is 16.6 Å². The maximum atomic E-state index is 13.0. The zero-order chi connectivity index (χ0) is 13.9. The van der Waals surface area contributed by atoms with Crippen LogP contribution in [0.5, 0.6) is 0 Å². The minimum atomic E-state index is -0.625. The van der Waals surface area contributed by atoms with Crippen LogP contribution in [0.2, 0.25) is 0 Å². The van der Waals surface area contributed by atoms with Crippen LogP contribution in [0, 0.1) is 12.7 Å². The first-order chi connectivity index (χ1) is 9.05. The molecule has 0 aliphatic heterocycles. The molecule has 0 bridgehead atoms. The van der Waals surface area contributed by atoms with Crippen LogP contribution < -0.4 is 0 Å². The van der Waals surface area contributed by atoms with Gasteiger partial charge in [-0.1, -0.05) is 36.4 Å². The number of rotatable bonds is 4. The van der Waals surface area contributed by atoms with E-state index in [0.29, 0.717) is 6.42 Å². The molecule has 0 N–H and O–H groups in total. The molecule has 0 saturated carbocycles. The maximum absolute atomic E-state index is 13.0. The molecule has 1 atom stereocenters. The van der Waals surface area contributed by atoms with Gasteiger partial charge in [0.1, 0.15) is 12.1 Å². The normalized spacial score (nSPS) is 13.8. The maximum Gasteiger partial charge on any atom is 0.130 e. The molecule has 0 amide bonds. The Balaban J connectivity index is 2.35. The lowest BCUT2D eigenvalue weighted by Crippen LogP contribution is -2.27. The standard InChI is InChI=1S/C17H17FO/c1-13-5-3-4-6-14(13)11-17(2,12-19)15-7-9-16(18)10-8-15/h3-10,12H,11H2,1-2H3. The summed E-state index contributed by atoms with van der Waals surface area (Å²) in [6.45, 7) is 3.92. The van der Waals surface area contributed by atoms with Gasteiger partial charge in [0.15, 0.2) is 0 Å². The van der Waals surface area contributed by atoms with Gasteiger partial charge >= 0.3 is 0 Å². The number of carbonyl (C=O) groups is 1. The number of carbonyl (C=O) groups excluding carboxylic acids is 1. The second-order valence-corrected chi connectivity index (χ2v) is 5.15. The van der Waals surface area contributed by atoms with Gasteiger partial charge in [0.05, 0.1) is 5.41 Å². The summed E-state index contributed by atoms with van der Waals surface area (Å²) in [7, 11) is 0. The second-order valence-electron chi connectivity index (χ2n) is 5.15. The number of benzene rings is 2. The SMILES string of the molecule is Cc1ccccc1CC(C)(C=O)c1ccc(F)cc1. The van der Waals surface area contributed by atoms with E-state index in [1.165, 1.54) is 12.1 Å². The summed E-state index contributed by atoms with van der Waals surface area (Å²) in [4.78, 5) is 11.5. The Morgan fingerprint density at radius 2 is 1.74 bits per heavy atom. The molecule has 0 radical (unpaired) electrons. The van der Waals surface area contributed by atoms with Gasteiger partial charge in [0.25, 0.3) is 0 Å². The molecule has 0 saturated heterocycles. The van der Waals surface area contributed by atoms with Crippen molar-refractivity contribution in [2.75, 3.05) is 0 Å². The molecular weight excluding hydrogens is 239 g/mol. The van der Waals surface area contributed by atoms with Crippen LogP contribution in [0.4, 0.5) is 4.39 Å². The van der Waals surface area contributed by atoms with E-state index in [9.17, 15) is 9.18 Å². The highest BCUT2D eigenvalue weighted by molar-refractivity contribution is 5.68. The van der Waals surface area contributed by atoms with Gasteiger partial charge in [0.2, 0.25) is 0 Å². The van der Waals surface area contributed by atoms with Gasteiger partial charge in [0, 0.05) is 0 Å². The molecule has 0 heterocycles. The van der Waals surface area contributed by atoms with Gasteiger partial charge in [-0.05, 0) is 49.1 Å². The molecule has 19 heavy (non-hydrogen) atoms. The van der Waals surface area contributed by atoms with E-state index in [2.05, 4.69) is 0 Å². The van der Waals surface area contributed by atoms with Gasteiger partial charge in [-0.25, -0.2) is 4.39 Å². The lowest BCUT2D eigenvalue weighted by molar-refractivity contribution is -0.112. The number of hydrogen-bond acceptors (Lipinski definition) is 1. The molecule has 98 valence electrons. The van der Waals surface area contributed by atoms with Crippen molar-refractivity contribution < 1.29 is 9.18 Å². The van der Waals surface area contributed by atoms with E-state index < -0.39 is 5.41 Å². The molecule has 2 aromatic rings. The van der Waals surface area contributed by atoms with E-state index in [1.807, 2.05) is 38.1 Å². The Morgan fingerprint density at radius 3 is 2.32 bits per heavy atom. The van der Waals surface area contributed by atoms with Gasteiger partial charge < -0.3 is 4.79 Å². The predicted octanol–water partition coefficient (Wildman–Crippen LogP) is 3.83. The fourth-order valence-electron chi connectivity index (χ4n) is 2.25. The monoisotopic (exact) mass is 256 g/mol. The number of aryl methyl sites for hydroxylation is 1. The zero-order valence-corrected chi connectivity index (χ0v) is 11.2. The third-order valence-corrected chi connectivity index (χ3v) is 3.58. The molecular formula is C17H17FO. The molecule has 1 unspecified atom stereocenters. The molecule has 2 heteroatoms. The predicted molar refractivity (Wildman–Crippen MR) is 74.7 cm³/mol. The summed E-state index contributed by atoms with van der Waals surface area (Å²) in [6.07, 6.45) is 1.57. The Morgan fingerprint density at radius 1 is 1.11 bits per heavy atom. The summed E-state index contributed by atoms with van der Waals surface area (Å²) >= 11 is 0. The lowest BCUT2D eigenvalue weighted by atomic mass is 9.78. The molecule has 0 aliphatic rings. The van der Waals surface area contributed by atoms with Gasteiger partial charge in [-0.15, -0.1) is 0 Å². The van der Waals surface area contributed by atoms with E-state index >= 15 is 0 Å². The highest BCUT2D eigenvalue weighted by Crippen LogP contribution is 2.27. The quantitative estimate of drug-likeness (QED) is 0.760. The van der Waals surface area contributed by atoms with E-state index in [-0.39, 0.29) is 5.82 Å². The van der Waals surface area contributed by atoms with Crippen LogP contribution >= 0.6 is 0 Å². The van der Waals surface area contributed by atoms with Crippen LogP contribution in [0.1, 0.15) is 23.6 Å². The fourth-order valence-corrected chi connectivity index (χ4v) is 2.25. The summed E-state index contributed by atoms with van der Waals surface area (Å²) in [5.74, 6) is -0.284. The van der Waals surface area contributed by atoms with Crippen molar-refractivity contribution >= 4 is 6.29 Å². The van der Waals surface area contributed by atoms with Gasteiger partial charge in [-0.2, -0.15) is 0 Å². The zero-order valence-electron chi connectivity index (χ0n) is 11.2. The molecule has 0 aromatic heterocycles. The van der Waals surface area contributed by atoms with Crippen molar-refractivity contribution in [3.8, 4) is 0 Å². The Bertz CT molecular complexity index is 574. The topological polar surface area (TPSA) is 17.1 Å². The highest BCUT2D eigenvalue weighted by atomic mass is 19.1. The molecule has 0 aliphatic carbocycles. The number of hydrogen-bond donors (Lipinski definition) is 0. The van der Waals surface area contributed by atoms with E-state index in [0.717, 1.165) is 23.0 Å². The van der Waals surface area contributed by atoms with Crippen LogP contribution in [0.25, 0.3) is 0 Å². The first-order valence-electron chi connectivity index (χ1n) is 6.32. The summed E-state index contributed by atoms with van der Waals surface area (Å²) in [6, 6.07) is 14.2. The van der Waals surface area contributed by atoms with Crippen molar-refractivity contribution in [1.29, 1.82) is 0 Å². The van der Waals surface area contributed by atoms with Crippen molar-refractivity contribution in [3.63, 3.8) is 0 Å². The van der Waals surface area contributed by atoms with E-state index in [4.69, 9.17) is 0 Å². The van der Waals surface area contributed by atoms with Crippen molar-refractivity contribution in [2.45, 2.75) is 25.7 Å². The minimum Gasteiger partial charge on any atom is -0.302 e. The van der Waals surface area contributed by atoms with Gasteiger partial charge in [-0.3, -0.25) is 0 Å². The molecule has 1 nitrogen and oxygen atoms in total. The Labute approximate surface area is 113 Å². The molecule has 0 spiro atoms. The first-order valence-corrected chi connectivity index (χ1v) is 6.32. The Kier molecular flexibility index (Phi) is 3.79. The average Bonchev–Trinajstić information content (AvgIpc) is 2.42. The van der Waals surface area contributed by atoms with Crippen molar-refractivity contribution in [2.24, 2.45) is 0 Å². The molecule has 2 aromatic carbocycles. The fraction of sp³-hybridized carbons (Fsp3) is 0.235. The average molecular weight is 256 g/mol. The van der Waals surface area contributed by atoms with Crippen LogP contribution in [0.3, 0.4) is 0 Å². The summed E-state index contributed by atoms with van der Waals surface area (Å²) < 4.78 is 13.0. The minimum absolute atomic E-state index is 0.284. The lowest BCUT2D eigenvalue weighted by Gasteiger charge is -2.24. The first kappa shape index (κ1) is 13.5. The smallest absolute Gasteiger partial charge is 0.130 e. The van der Waals surface area contributed by atoms with Crippen molar-refractivity contribution in [1.82, 2.24) is 0 Å². The third-order valence-electron chi connectivity index (χ3n) is 3.58. The summed E-state index contributed by atoms with van der Waals surface area (Å²) in [5.41, 5.74) is 2.52. The number of aldehydes is 1. The number of halogens is 1. The molecule has 2 rings (SSSR count). The largest absolute Gasteiger partial charge is 0.302 e. The molecule has 0 fully saturated rings.